The SMILES string of the molecule is COCCOCCNCc1cccc(Cl)c1O. The third-order valence-electron chi connectivity index (χ3n) is 2.24. The maximum absolute atomic E-state index is 9.65. The molecular formula is C12H18ClNO3. The van der Waals surface area contributed by atoms with Gasteiger partial charge in [-0.15, -0.1) is 0 Å². The molecule has 0 aromatic heterocycles. The first-order valence-electron chi connectivity index (χ1n) is 5.49. The van der Waals surface area contributed by atoms with Crippen LogP contribution in [0.2, 0.25) is 5.02 Å². The van der Waals surface area contributed by atoms with Gasteiger partial charge in [0, 0.05) is 25.8 Å². The van der Waals surface area contributed by atoms with E-state index in [4.69, 9.17) is 21.1 Å². The van der Waals surface area contributed by atoms with Crippen molar-refractivity contribution in [2.24, 2.45) is 0 Å². The number of benzene rings is 1. The molecule has 0 atom stereocenters. The van der Waals surface area contributed by atoms with E-state index in [1.807, 2.05) is 12.1 Å². The molecule has 96 valence electrons. The number of methoxy groups -OCH3 is 1. The molecule has 0 saturated heterocycles. The molecule has 0 aliphatic rings. The quantitative estimate of drug-likeness (QED) is 0.699. The molecule has 1 aromatic rings. The molecule has 17 heavy (non-hydrogen) atoms. The van der Waals surface area contributed by atoms with Gasteiger partial charge in [-0.05, 0) is 6.07 Å². The summed E-state index contributed by atoms with van der Waals surface area (Å²) in [6, 6.07) is 5.31. The second-order valence-electron chi connectivity index (χ2n) is 3.53. The molecule has 0 saturated carbocycles. The van der Waals surface area contributed by atoms with Crippen LogP contribution in [0, 0.1) is 0 Å². The zero-order chi connectivity index (χ0) is 12.5. The van der Waals surface area contributed by atoms with Crippen LogP contribution in [0.4, 0.5) is 0 Å². The highest BCUT2D eigenvalue weighted by atomic mass is 35.5. The lowest BCUT2D eigenvalue weighted by molar-refractivity contribution is 0.0719. The second kappa shape index (κ2) is 8.31. The first-order chi connectivity index (χ1) is 8.25. The van der Waals surface area contributed by atoms with Crippen molar-refractivity contribution in [2.75, 3.05) is 33.5 Å². The van der Waals surface area contributed by atoms with Crippen molar-refractivity contribution in [3.63, 3.8) is 0 Å². The van der Waals surface area contributed by atoms with Crippen molar-refractivity contribution in [3.8, 4) is 5.75 Å². The summed E-state index contributed by atoms with van der Waals surface area (Å²) in [5.74, 6) is 0.141. The lowest BCUT2D eigenvalue weighted by atomic mass is 10.2. The second-order valence-corrected chi connectivity index (χ2v) is 3.94. The first-order valence-corrected chi connectivity index (χ1v) is 5.87. The van der Waals surface area contributed by atoms with Crippen LogP contribution in [-0.2, 0) is 16.0 Å². The Kier molecular flexibility index (Phi) is 6.96. The fourth-order valence-electron chi connectivity index (χ4n) is 1.31. The molecule has 5 heteroatoms. The molecule has 0 spiro atoms. The minimum atomic E-state index is 0.141. The summed E-state index contributed by atoms with van der Waals surface area (Å²) < 4.78 is 10.1. The van der Waals surface area contributed by atoms with Crippen LogP contribution in [0.5, 0.6) is 5.75 Å². The molecular weight excluding hydrogens is 242 g/mol. The molecule has 2 N–H and O–H groups in total. The molecule has 0 aliphatic heterocycles. The monoisotopic (exact) mass is 259 g/mol. The van der Waals surface area contributed by atoms with Gasteiger partial charge >= 0.3 is 0 Å². The number of ether oxygens (including phenoxy) is 2. The molecule has 0 fully saturated rings. The summed E-state index contributed by atoms with van der Waals surface area (Å²) in [5.41, 5.74) is 0.786. The highest BCUT2D eigenvalue weighted by Crippen LogP contribution is 2.26. The number of rotatable bonds is 8. The molecule has 0 heterocycles. The highest BCUT2D eigenvalue weighted by molar-refractivity contribution is 6.32. The Morgan fingerprint density at radius 3 is 2.88 bits per heavy atom. The predicted molar refractivity (Wildman–Crippen MR) is 67.5 cm³/mol. The largest absolute Gasteiger partial charge is 0.506 e. The van der Waals surface area contributed by atoms with E-state index in [0.717, 1.165) is 12.1 Å². The molecule has 0 radical (unpaired) electrons. The number of phenolic OH excluding ortho intramolecular Hbond substituents is 1. The van der Waals surface area contributed by atoms with E-state index in [2.05, 4.69) is 5.32 Å². The van der Waals surface area contributed by atoms with Gasteiger partial charge in [-0.1, -0.05) is 23.7 Å². The van der Waals surface area contributed by atoms with Gasteiger partial charge in [-0.25, -0.2) is 0 Å². The molecule has 0 bridgehead atoms. The van der Waals surface area contributed by atoms with Gasteiger partial charge in [0.15, 0.2) is 0 Å². The number of hydrogen-bond acceptors (Lipinski definition) is 4. The number of hydrogen-bond donors (Lipinski definition) is 2. The average Bonchev–Trinajstić information content (AvgIpc) is 2.33. The number of halogens is 1. The standard InChI is InChI=1S/C12H18ClNO3/c1-16-7-8-17-6-5-14-9-10-3-2-4-11(13)12(10)15/h2-4,14-15H,5-9H2,1H3. The zero-order valence-corrected chi connectivity index (χ0v) is 10.7. The third kappa shape index (κ3) is 5.37. The summed E-state index contributed by atoms with van der Waals surface area (Å²) in [4.78, 5) is 0. The van der Waals surface area contributed by atoms with E-state index in [-0.39, 0.29) is 5.75 Å². The van der Waals surface area contributed by atoms with Gasteiger partial charge in [0.2, 0.25) is 0 Å². The fraction of sp³-hybridized carbons (Fsp3) is 0.500. The van der Waals surface area contributed by atoms with Crippen LogP contribution in [0.1, 0.15) is 5.56 Å². The lowest BCUT2D eigenvalue weighted by Crippen LogP contribution is -2.20. The van der Waals surface area contributed by atoms with Gasteiger partial charge in [-0.3, -0.25) is 0 Å². The van der Waals surface area contributed by atoms with Crippen LogP contribution in [0.3, 0.4) is 0 Å². The topological polar surface area (TPSA) is 50.7 Å². The number of phenols is 1. The van der Waals surface area contributed by atoms with E-state index in [0.29, 0.717) is 31.4 Å². The molecule has 0 amide bonds. The van der Waals surface area contributed by atoms with Gasteiger partial charge in [0.1, 0.15) is 5.75 Å². The molecule has 4 nitrogen and oxygen atoms in total. The van der Waals surface area contributed by atoms with E-state index in [1.165, 1.54) is 0 Å². The predicted octanol–water partition coefficient (Wildman–Crippen LogP) is 1.80. The lowest BCUT2D eigenvalue weighted by Gasteiger charge is -2.08. The summed E-state index contributed by atoms with van der Waals surface area (Å²) in [6.07, 6.45) is 0. The van der Waals surface area contributed by atoms with Crippen molar-refractivity contribution in [1.29, 1.82) is 0 Å². The number of para-hydroxylation sites is 1. The molecule has 0 aliphatic carbocycles. The van der Waals surface area contributed by atoms with Crippen LogP contribution in [0.15, 0.2) is 18.2 Å². The van der Waals surface area contributed by atoms with E-state index in [9.17, 15) is 5.11 Å². The summed E-state index contributed by atoms with van der Waals surface area (Å²) in [5, 5.41) is 13.2. The fourth-order valence-corrected chi connectivity index (χ4v) is 1.51. The number of aromatic hydroxyl groups is 1. The molecule has 1 aromatic carbocycles. The number of nitrogens with one attached hydrogen (secondary N) is 1. The van der Waals surface area contributed by atoms with Crippen LogP contribution in [-0.4, -0.2) is 38.6 Å². The maximum Gasteiger partial charge on any atom is 0.138 e. The zero-order valence-electron chi connectivity index (χ0n) is 9.91. The van der Waals surface area contributed by atoms with Crippen molar-refractivity contribution in [1.82, 2.24) is 5.32 Å². The minimum Gasteiger partial charge on any atom is -0.506 e. The van der Waals surface area contributed by atoms with Crippen LogP contribution >= 0.6 is 11.6 Å². The van der Waals surface area contributed by atoms with Gasteiger partial charge < -0.3 is 19.9 Å². The van der Waals surface area contributed by atoms with Crippen LogP contribution < -0.4 is 5.32 Å². The highest BCUT2D eigenvalue weighted by Gasteiger charge is 2.03. The smallest absolute Gasteiger partial charge is 0.138 e. The van der Waals surface area contributed by atoms with E-state index >= 15 is 0 Å². The maximum atomic E-state index is 9.65. The summed E-state index contributed by atoms with van der Waals surface area (Å²) in [6.45, 7) is 3.11. The first kappa shape index (κ1) is 14.3. The Bertz CT molecular complexity index is 334. The third-order valence-corrected chi connectivity index (χ3v) is 2.55. The van der Waals surface area contributed by atoms with Crippen LogP contribution in [0.25, 0.3) is 0 Å². The van der Waals surface area contributed by atoms with E-state index in [1.54, 1.807) is 13.2 Å². The van der Waals surface area contributed by atoms with Crippen molar-refractivity contribution >= 4 is 11.6 Å². The van der Waals surface area contributed by atoms with Gasteiger partial charge in [-0.2, -0.15) is 0 Å². The summed E-state index contributed by atoms with van der Waals surface area (Å²) >= 11 is 5.79. The Morgan fingerprint density at radius 1 is 1.29 bits per heavy atom. The molecule has 1 rings (SSSR count). The Hall–Kier alpha value is -0.810. The van der Waals surface area contributed by atoms with Gasteiger partial charge in [0.25, 0.3) is 0 Å². The van der Waals surface area contributed by atoms with Crippen molar-refractivity contribution in [2.45, 2.75) is 6.54 Å². The Balaban J connectivity index is 2.16. The minimum absolute atomic E-state index is 0.141. The van der Waals surface area contributed by atoms with Crippen molar-refractivity contribution in [3.05, 3.63) is 28.8 Å². The molecule has 0 unspecified atom stereocenters. The Labute approximate surface area is 106 Å². The van der Waals surface area contributed by atoms with E-state index < -0.39 is 0 Å². The van der Waals surface area contributed by atoms with Crippen molar-refractivity contribution < 1.29 is 14.6 Å². The summed E-state index contributed by atoms with van der Waals surface area (Å²) in [7, 11) is 1.64. The van der Waals surface area contributed by atoms with Gasteiger partial charge in [0.05, 0.1) is 24.8 Å². The normalized spacial score (nSPS) is 10.7. The Morgan fingerprint density at radius 2 is 2.12 bits per heavy atom. The average molecular weight is 260 g/mol.